The van der Waals surface area contributed by atoms with Crippen molar-refractivity contribution in [1.82, 2.24) is 0 Å². The average molecular weight is 400 g/mol. The first-order valence-electron chi connectivity index (χ1n) is 9.77. The number of rotatable bonds is 4. The second-order valence-electron chi connectivity index (χ2n) is 7.25. The Morgan fingerprint density at radius 3 is 2.03 bits per heavy atom. The van der Waals surface area contributed by atoms with Gasteiger partial charge in [-0.1, -0.05) is 54.6 Å². The first-order valence-corrected chi connectivity index (χ1v) is 9.77. The summed E-state index contributed by atoms with van der Waals surface area (Å²) in [6.45, 7) is 0. The largest absolute Gasteiger partial charge is 0.496 e. The number of nitrogens with zero attached hydrogens (tertiary/aromatic N) is 2. The number of carbonyl (C=O) groups is 2. The van der Waals surface area contributed by atoms with E-state index in [0.717, 1.165) is 11.3 Å². The van der Waals surface area contributed by atoms with Gasteiger partial charge in [-0.2, -0.15) is 0 Å². The lowest BCUT2D eigenvalue weighted by Crippen LogP contribution is -2.37. The number of hydrogen-bond donors (Lipinski definition) is 0. The van der Waals surface area contributed by atoms with Gasteiger partial charge in [-0.25, -0.2) is 9.96 Å². The Kier molecular flexibility index (Phi) is 4.48. The van der Waals surface area contributed by atoms with E-state index in [-0.39, 0.29) is 11.8 Å². The van der Waals surface area contributed by atoms with Gasteiger partial charge in [0.2, 0.25) is 5.91 Å². The van der Waals surface area contributed by atoms with Gasteiger partial charge in [0.05, 0.1) is 24.5 Å². The summed E-state index contributed by atoms with van der Waals surface area (Å²) < 4.78 is 5.57. The highest BCUT2D eigenvalue weighted by molar-refractivity contribution is 6.23. The summed E-state index contributed by atoms with van der Waals surface area (Å²) in [5.41, 5.74) is 2.12. The molecule has 0 saturated carbocycles. The van der Waals surface area contributed by atoms with E-state index >= 15 is 0 Å². The molecular formula is C24H20N2O4. The molecule has 0 aliphatic carbocycles. The molecule has 2 fully saturated rings. The van der Waals surface area contributed by atoms with Crippen LogP contribution in [0.5, 0.6) is 5.75 Å². The second-order valence-corrected chi connectivity index (χ2v) is 7.25. The highest BCUT2D eigenvalue weighted by atomic mass is 16.7. The number of benzene rings is 3. The molecule has 2 aliphatic rings. The Bertz CT molecular complexity index is 1090. The summed E-state index contributed by atoms with van der Waals surface area (Å²) in [7, 11) is 1.59. The molecule has 2 heterocycles. The Hall–Kier alpha value is -3.64. The lowest BCUT2D eigenvalue weighted by Gasteiger charge is -2.29. The van der Waals surface area contributed by atoms with E-state index < -0.39 is 18.1 Å². The van der Waals surface area contributed by atoms with Crippen LogP contribution in [0.25, 0.3) is 0 Å². The zero-order chi connectivity index (χ0) is 20.7. The van der Waals surface area contributed by atoms with Gasteiger partial charge in [-0.3, -0.25) is 14.4 Å². The number of imide groups is 1. The summed E-state index contributed by atoms with van der Waals surface area (Å²) in [5.74, 6) is -0.666. The summed E-state index contributed by atoms with van der Waals surface area (Å²) in [6, 6.07) is 25.5. The number of hydrogen-bond acceptors (Lipinski definition) is 5. The van der Waals surface area contributed by atoms with Crippen LogP contribution in [0.3, 0.4) is 0 Å². The quantitative estimate of drug-likeness (QED) is 0.625. The number of para-hydroxylation sites is 3. The zero-order valence-electron chi connectivity index (χ0n) is 16.3. The number of anilines is 2. The van der Waals surface area contributed by atoms with Gasteiger partial charge >= 0.3 is 0 Å². The minimum absolute atomic E-state index is 0.273. The summed E-state index contributed by atoms with van der Waals surface area (Å²) in [5, 5.41) is 1.67. The number of carbonyl (C=O) groups excluding carboxylic acids is 2. The van der Waals surface area contributed by atoms with E-state index in [2.05, 4.69) is 0 Å². The van der Waals surface area contributed by atoms with Crippen LogP contribution in [0.1, 0.15) is 11.6 Å². The van der Waals surface area contributed by atoms with Gasteiger partial charge in [0, 0.05) is 5.56 Å². The summed E-state index contributed by atoms with van der Waals surface area (Å²) in [6.07, 6.45) is -0.896. The van der Waals surface area contributed by atoms with Gasteiger partial charge in [-0.15, -0.1) is 0 Å². The Labute approximate surface area is 174 Å². The van der Waals surface area contributed by atoms with Crippen LogP contribution in [0.2, 0.25) is 0 Å². The van der Waals surface area contributed by atoms with Crippen molar-refractivity contribution in [2.75, 3.05) is 17.1 Å². The fourth-order valence-electron chi connectivity index (χ4n) is 4.27. The van der Waals surface area contributed by atoms with Crippen LogP contribution >= 0.6 is 0 Å². The van der Waals surface area contributed by atoms with E-state index in [1.165, 1.54) is 4.90 Å². The van der Waals surface area contributed by atoms with Crippen molar-refractivity contribution in [3.8, 4) is 5.75 Å². The van der Waals surface area contributed by atoms with Crippen LogP contribution < -0.4 is 14.7 Å². The first-order chi connectivity index (χ1) is 14.7. The highest BCUT2D eigenvalue weighted by Crippen LogP contribution is 2.49. The van der Waals surface area contributed by atoms with Crippen LogP contribution in [-0.2, 0) is 14.4 Å². The Balaban J connectivity index is 1.62. The molecular weight excluding hydrogens is 380 g/mol. The monoisotopic (exact) mass is 400 g/mol. The third kappa shape index (κ3) is 2.76. The summed E-state index contributed by atoms with van der Waals surface area (Å²) >= 11 is 0. The molecule has 3 aromatic rings. The number of fused-ring (bicyclic) bond motifs is 1. The maximum absolute atomic E-state index is 13.5. The number of methoxy groups -OCH3 is 1. The SMILES string of the molecule is COc1ccccc1[C@H]1[C@@H]2C(=O)N(c3ccccc3)C(=O)[C@H]2ON1c1ccccc1. The van der Waals surface area contributed by atoms with Crippen molar-refractivity contribution in [2.24, 2.45) is 5.92 Å². The normalized spacial score (nSPS) is 23.0. The molecule has 3 atom stereocenters. The minimum atomic E-state index is -0.896. The smallest absolute Gasteiger partial charge is 0.266 e. The van der Waals surface area contributed by atoms with Gasteiger partial charge in [-0.05, 0) is 30.3 Å². The lowest BCUT2D eigenvalue weighted by atomic mass is 9.90. The molecule has 2 amide bonds. The molecule has 3 aromatic carbocycles. The average Bonchev–Trinajstić information content (AvgIpc) is 3.31. The standard InChI is InChI=1S/C24H20N2O4/c1-29-19-15-9-8-14-18(19)21-20-22(30-26(21)17-12-6-3-7-13-17)24(28)25(23(20)27)16-10-4-2-5-11-16/h2-15,20-22H,1H3/t20-,21-,22-/m0/s1. The molecule has 0 spiro atoms. The van der Waals surface area contributed by atoms with Gasteiger partial charge in [0.1, 0.15) is 11.7 Å². The van der Waals surface area contributed by atoms with Gasteiger partial charge in [0.25, 0.3) is 5.91 Å². The fourth-order valence-corrected chi connectivity index (χ4v) is 4.27. The maximum atomic E-state index is 13.5. The van der Waals surface area contributed by atoms with Crippen LogP contribution in [0.15, 0.2) is 84.9 Å². The molecule has 30 heavy (non-hydrogen) atoms. The van der Waals surface area contributed by atoms with Crippen LogP contribution in [-0.4, -0.2) is 25.0 Å². The van der Waals surface area contributed by atoms with E-state index in [1.807, 2.05) is 60.7 Å². The molecule has 150 valence electrons. The van der Waals surface area contributed by atoms with E-state index in [0.29, 0.717) is 11.4 Å². The maximum Gasteiger partial charge on any atom is 0.266 e. The molecule has 0 aromatic heterocycles. The van der Waals surface area contributed by atoms with Crippen molar-refractivity contribution in [2.45, 2.75) is 12.1 Å². The fraction of sp³-hybridized carbons (Fsp3) is 0.167. The molecule has 5 rings (SSSR count). The molecule has 6 nitrogen and oxygen atoms in total. The third-order valence-electron chi connectivity index (χ3n) is 5.60. The molecule has 0 unspecified atom stereocenters. The molecule has 2 aliphatic heterocycles. The van der Waals surface area contributed by atoms with Crippen molar-refractivity contribution < 1.29 is 19.2 Å². The number of amides is 2. The predicted molar refractivity (Wildman–Crippen MR) is 112 cm³/mol. The second kappa shape index (κ2) is 7.31. The molecule has 6 heteroatoms. The van der Waals surface area contributed by atoms with Crippen molar-refractivity contribution >= 4 is 23.2 Å². The Morgan fingerprint density at radius 1 is 0.767 bits per heavy atom. The molecule has 0 N–H and O–H groups in total. The number of ether oxygens (including phenoxy) is 1. The first kappa shape index (κ1) is 18.4. The van der Waals surface area contributed by atoms with Crippen molar-refractivity contribution in [1.29, 1.82) is 0 Å². The van der Waals surface area contributed by atoms with Crippen molar-refractivity contribution in [3.05, 3.63) is 90.5 Å². The highest BCUT2D eigenvalue weighted by Gasteiger charge is 2.60. The Morgan fingerprint density at radius 2 is 1.37 bits per heavy atom. The van der Waals surface area contributed by atoms with E-state index in [1.54, 1.807) is 36.4 Å². The molecule has 0 radical (unpaired) electrons. The molecule has 0 bridgehead atoms. The van der Waals surface area contributed by atoms with Crippen LogP contribution in [0.4, 0.5) is 11.4 Å². The van der Waals surface area contributed by atoms with Gasteiger partial charge in [0.15, 0.2) is 6.10 Å². The molecule has 2 saturated heterocycles. The van der Waals surface area contributed by atoms with Gasteiger partial charge < -0.3 is 4.74 Å². The topological polar surface area (TPSA) is 59.1 Å². The lowest BCUT2D eigenvalue weighted by molar-refractivity contribution is -0.126. The minimum Gasteiger partial charge on any atom is -0.496 e. The van der Waals surface area contributed by atoms with Crippen LogP contribution in [0, 0.1) is 5.92 Å². The van der Waals surface area contributed by atoms with E-state index in [9.17, 15) is 9.59 Å². The predicted octanol–water partition coefficient (Wildman–Crippen LogP) is 3.75. The third-order valence-corrected chi connectivity index (χ3v) is 5.60. The number of hydroxylamine groups is 1. The van der Waals surface area contributed by atoms with Crippen molar-refractivity contribution in [3.63, 3.8) is 0 Å². The van der Waals surface area contributed by atoms with E-state index in [4.69, 9.17) is 9.57 Å². The zero-order valence-corrected chi connectivity index (χ0v) is 16.3. The summed E-state index contributed by atoms with van der Waals surface area (Å²) in [4.78, 5) is 34.1.